The van der Waals surface area contributed by atoms with Gasteiger partial charge in [-0.25, -0.2) is 0 Å². The second-order valence-corrected chi connectivity index (χ2v) is 5.90. The summed E-state index contributed by atoms with van der Waals surface area (Å²) in [7, 11) is 0. The zero-order valence-corrected chi connectivity index (χ0v) is 12.2. The third kappa shape index (κ3) is 6.44. The summed E-state index contributed by atoms with van der Waals surface area (Å²) in [6, 6.07) is 8.32. The fraction of sp³-hybridized carbons (Fsp3) is 0.538. The van der Waals surface area contributed by atoms with Gasteiger partial charge in [0.25, 0.3) is 0 Å². The van der Waals surface area contributed by atoms with Gasteiger partial charge in [-0.3, -0.25) is 0 Å². The maximum Gasteiger partial charge on any atom is 0.0351 e. The first-order valence-electron chi connectivity index (χ1n) is 5.90. The van der Waals surface area contributed by atoms with Gasteiger partial charge >= 0.3 is 0 Å². The van der Waals surface area contributed by atoms with Crippen molar-refractivity contribution < 1.29 is 0 Å². The lowest BCUT2D eigenvalue weighted by atomic mass is 10.3. The van der Waals surface area contributed by atoms with Crippen molar-refractivity contribution in [2.24, 2.45) is 0 Å². The summed E-state index contributed by atoms with van der Waals surface area (Å²) >= 11 is 5.51. The number of hydrogen-bond donors (Lipinski definition) is 1. The Morgan fingerprint density at radius 1 is 1.25 bits per heavy atom. The summed E-state index contributed by atoms with van der Waals surface area (Å²) in [4.78, 5) is 0. The predicted octanol–water partition coefficient (Wildman–Crippen LogP) is 4.78. The first kappa shape index (κ1) is 13.9. The summed E-state index contributed by atoms with van der Waals surface area (Å²) in [5, 5.41) is 3.43. The molecule has 0 heterocycles. The van der Waals surface area contributed by atoms with Crippen LogP contribution >= 0.6 is 27.7 Å². The minimum absolute atomic E-state index is 1.05. The number of rotatable bonds is 8. The minimum atomic E-state index is 1.05. The quantitative estimate of drug-likeness (QED) is 0.693. The first-order chi connectivity index (χ1) is 7.83. The van der Waals surface area contributed by atoms with Gasteiger partial charge < -0.3 is 5.32 Å². The van der Waals surface area contributed by atoms with Crippen molar-refractivity contribution in [3.8, 4) is 0 Å². The van der Waals surface area contributed by atoms with Crippen LogP contribution in [0, 0.1) is 0 Å². The molecule has 90 valence electrons. The van der Waals surface area contributed by atoms with E-state index in [9.17, 15) is 0 Å². The lowest BCUT2D eigenvalue weighted by molar-refractivity contribution is 0.778. The van der Waals surface area contributed by atoms with Gasteiger partial charge in [-0.1, -0.05) is 41.8 Å². The van der Waals surface area contributed by atoms with E-state index >= 15 is 0 Å². The second-order valence-electron chi connectivity index (χ2n) is 3.76. The molecule has 0 aliphatic carbocycles. The largest absolute Gasteiger partial charge is 0.384 e. The first-order valence-corrected chi connectivity index (χ1v) is 7.85. The van der Waals surface area contributed by atoms with Crippen LogP contribution in [-0.4, -0.2) is 18.1 Å². The zero-order chi connectivity index (χ0) is 11.6. The smallest absolute Gasteiger partial charge is 0.0351 e. The lowest BCUT2D eigenvalue weighted by Crippen LogP contribution is -2.04. The molecule has 1 aromatic carbocycles. The van der Waals surface area contributed by atoms with Crippen LogP contribution in [0.2, 0.25) is 0 Å². The van der Waals surface area contributed by atoms with Crippen LogP contribution in [0.4, 0.5) is 5.69 Å². The molecule has 0 aliphatic rings. The molecule has 16 heavy (non-hydrogen) atoms. The maximum atomic E-state index is 3.47. The highest BCUT2D eigenvalue weighted by Crippen LogP contribution is 2.15. The van der Waals surface area contributed by atoms with E-state index in [4.69, 9.17) is 0 Å². The van der Waals surface area contributed by atoms with Crippen molar-refractivity contribution >= 4 is 33.4 Å². The van der Waals surface area contributed by atoms with Gasteiger partial charge in [-0.05, 0) is 30.4 Å². The fourth-order valence-corrected chi connectivity index (χ4v) is 2.68. The molecular formula is C13H20BrNS. The Morgan fingerprint density at radius 3 is 2.88 bits per heavy atom. The van der Waals surface area contributed by atoms with Crippen molar-refractivity contribution in [2.45, 2.75) is 26.2 Å². The third-order valence-corrected chi connectivity index (χ3v) is 3.86. The van der Waals surface area contributed by atoms with E-state index in [1.54, 1.807) is 0 Å². The number of halogens is 1. The zero-order valence-electron chi connectivity index (χ0n) is 9.84. The molecule has 1 aromatic rings. The molecular weight excluding hydrogens is 282 g/mol. The van der Waals surface area contributed by atoms with Crippen LogP contribution in [0.5, 0.6) is 0 Å². The SMILES string of the molecule is CCCCCSCCNc1cccc(Br)c1. The summed E-state index contributed by atoms with van der Waals surface area (Å²) in [6.45, 7) is 3.30. The molecule has 0 atom stereocenters. The summed E-state index contributed by atoms with van der Waals surface area (Å²) in [5.41, 5.74) is 1.20. The molecule has 1 nitrogen and oxygen atoms in total. The Bertz CT molecular complexity index is 291. The van der Waals surface area contributed by atoms with Gasteiger partial charge in [0.1, 0.15) is 0 Å². The molecule has 0 amide bonds. The van der Waals surface area contributed by atoms with E-state index < -0.39 is 0 Å². The van der Waals surface area contributed by atoms with Crippen LogP contribution in [0.15, 0.2) is 28.7 Å². The standard InChI is InChI=1S/C13H20BrNS/c1-2-3-4-9-16-10-8-15-13-7-5-6-12(14)11-13/h5-7,11,15H,2-4,8-10H2,1H3. The van der Waals surface area contributed by atoms with Crippen molar-refractivity contribution in [1.29, 1.82) is 0 Å². The Kier molecular flexibility index (Phi) is 7.77. The number of hydrogen-bond acceptors (Lipinski definition) is 2. The fourth-order valence-electron chi connectivity index (χ4n) is 1.42. The van der Waals surface area contributed by atoms with Crippen LogP contribution < -0.4 is 5.32 Å². The topological polar surface area (TPSA) is 12.0 Å². The molecule has 3 heteroatoms. The van der Waals surface area contributed by atoms with E-state index in [2.05, 4.69) is 46.4 Å². The molecule has 0 fully saturated rings. The predicted molar refractivity (Wildman–Crippen MR) is 79.5 cm³/mol. The van der Waals surface area contributed by atoms with Crippen molar-refractivity contribution in [1.82, 2.24) is 0 Å². The highest BCUT2D eigenvalue weighted by molar-refractivity contribution is 9.10. The normalized spacial score (nSPS) is 10.4. The number of nitrogens with one attached hydrogen (secondary N) is 1. The number of thioether (sulfide) groups is 1. The van der Waals surface area contributed by atoms with E-state index in [-0.39, 0.29) is 0 Å². The average Bonchev–Trinajstić information content (AvgIpc) is 2.28. The van der Waals surface area contributed by atoms with Crippen LogP contribution in [0.25, 0.3) is 0 Å². The molecule has 0 saturated carbocycles. The molecule has 0 spiro atoms. The van der Waals surface area contributed by atoms with Gasteiger partial charge in [0.15, 0.2) is 0 Å². The Labute approximate surface area is 112 Å². The number of unbranched alkanes of at least 4 members (excludes halogenated alkanes) is 2. The number of anilines is 1. The molecule has 0 saturated heterocycles. The monoisotopic (exact) mass is 301 g/mol. The van der Waals surface area contributed by atoms with Crippen molar-refractivity contribution in [3.05, 3.63) is 28.7 Å². The van der Waals surface area contributed by atoms with Crippen LogP contribution in [0.3, 0.4) is 0 Å². The van der Waals surface area contributed by atoms with Gasteiger partial charge in [0.2, 0.25) is 0 Å². The second kappa shape index (κ2) is 8.94. The molecule has 0 radical (unpaired) electrons. The van der Waals surface area contributed by atoms with E-state index in [1.165, 1.54) is 36.5 Å². The van der Waals surface area contributed by atoms with E-state index in [0.717, 1.165) is 11.0 Å². The molecule has 0 aromatic heterocycles. The molecule has 1 N–H and O–H groups in total. The molecule has 0 unspecified atom stereocenters. The lowest BCUT2D eigenvalue weighted by Gasteiger charge is -2.06. The average molecular weight is 302 g/mol. The van der Waals surface area contributed by atoms with Gasteiger partial charge in [-0.2, -0.15) is 11.8 Å². The Balaban J connectivity index is 2.03. The van der Waals surface area contributed by atoms with Crippen LogP contribution in [0.1, 0.15) is 26.2 Å². The Morgan fingerprint density at radius 2 is 2.12 bits per heavy atom. The van der Waals surface area contributed by atoms with Crippen molar-refractivity contribution in [3.63, 3.8) is 0 Å². The molecule has 0 aliphatic heterocycles. The van der Waals surface area contributed by atoms with Gasteiger partial charge in [-0.15, -0.1) is 0 Å². The van der Waals surface area contributed by atoms with E-state index in [0.29, 0.717) is 0 Å². The summed E-state index contributed by atoms with van der Waals surface area (Å²) < 4.78 is 1.13. The van der Waals surface area contributed by atoms with Gasteiger partial charge in [0.05, 0.1) is 0 Å². The minimum Gasteiger partial charge on any atom is -0.384 e. The molecule has 0 bridgehead atoms. The maximum absolute atomic E-state index is 3.47. The number of benzene rings is 1. The van der Waals surface area contributed by atoms with E-state index in [1.807, 2.05) is 17.8 Å². The van der Waals surface area contributed by atoms with Crippen molar-refractivity contribution in [2.75, 3.05) is 23.4 Å². The highest BCUT2D eigenvalue weighted by Gasteiger charge is 1.93. The van der Waals surface area contributed by atoms with Crippen LogP contribution in [-0.2, 0) is 0 Å². The summed E-state index contributed by atoms with van der Waals surface area (Å²) in [6.07, 6.45) is 4.04. The summed E-state index contributed by atoms with van der Waals surface area (Å²) in [5.74, 6) is 2.49. The molecule has 1 rings (SSSR count). The Hall–Kier alpha value is -0.150. The van der Waals surface area contributed by atoms with Gasteiger partial charge in [0, 0.05) is 22.5 Å². The highest BCUT2D eigenvalue weighted by atomic mass is 79.9. The third-order valence-electron chi connectivity index (χ3n) is 2.29.